The van der Waals surface area contributed by atoms with E-state index in [-0.39, 0.29) is 12.1 Å². The second kappa shape index (κ2) is 5.10. The summed E-state index contributed by atoms with van der Waals surface area (Å²) in [6.07, 6.45) is 1.28. The van der Waals surface area contributed by atoms with E-state index < -0.39 is 32.3 Å². The second-order valence-electron chi connectivity index (χ2n) is 4.02. The van der Waals surface area contributed by atoms with Crippen molar-refractivity contribution in [3.8, 4) is 0 Å². The van der Waals surface area contributed by atoms with E-state index in [1.165, 1.54) is 0 Å². The number of nitrogens with two attached hydrogens (primary N) is 1. The van der Waals surface area contributed by atoms with Crippen molar-refractivity contribution in [2.45, 2.75) is 24.2 Å². The molecule has 1 atom stereocenters. The summed E-state index contributed by atoms with van der Waals surface area (Å²) in [7, 11) is -3.69. The fraction of sp³-hybridized carbons (Fsp3) is 0.455. The fourth-order valence-electron chi connectivity index (χ4n) is 1.68. The van der Waals surface area contributed by atoms with E-state index in [0.717, 1.165) is 18.4 Å². The zero-order valence-corrected chi connectivity index (χ0v) is 10.5. The van der Waals surface area contributed by atoms with Crippen LogP contribution in [0.3, 0.4) is 0 Å². The van der Waals surface area contributed by atoms with Crippen LogP contribution >= 0.6 is 0 Å². The Morgan fingerprint density at radius 2 is 1.94 bits per heavy atom. The van der Waals surface area contributed by atoms with Gasteiger partial charge >= 0.3 is 0 Å². The van der Waals surface area contributed by atoms with E-state index in [4.69, 9.17) is 5.73 Å². The third kappa shape index (κ3) is 3.01. The van der Waals surface area contributed by atoms with Gasteiger partial charge in [0.1, 0.15) is 16.5 Å². The molecule has 6 heteroatoms. The van der Waals surface area contributed by atoms with Crippen LogP contribution in [0, 0.1) is 11.6 Å². The first-order valence-corrected chi connectivity index (χ1v) is 7.06. The minimum atomic E-state index is -3.69. The number of hydrogen-bond donors (Lipinski definition) is 1. The van der Waals surface area contributed by atoms with Crippen LogP contribution in [0.2, 0.25) is 0 Å². The van der Waals surface area contributed by atoms with Crippen molar-refractivity contribution in [1.82, 2.24) is 0 Å². The molecule has 0 radical (unpaired) electrons. The van der Waals surface area contributed by atoms with E-state index in [1.807, 2.05) is 0 Å². The molecule has 3 nitrogen and oxygen atoms in total. The summed E-state index contributed by atoms with van der Waals surface area (Å²) >= 11 is 0. The molecule has 1 rings (SSSR count). The van der Waals surface area contributed by atoms with Gasteiger partial charge < -0.3 is 5.73 Å². The highest BCUT2D eigenvalue weighted by molar-refractivity contribution is 7.90. The van der Waals surface area contributed by atoms with Gasteiger partial charge in [-0.15, -0.1) is 0 Å². The quantitative estimate of drug-likeness (QED) is 0.843. The molecule has 0 aliphatic rings. The van der Waals surface area contributed by atoms with Crippen molar-refractivity contribution in [2.24, 2.45) is 5.73 Å². The topological polar surface area (TPSA) is 60.2 Å². The smallest absolute Gasteiger partial charge is 0.178 e. The Hall–Kier alpha value is -1.01. The molecule has 0 saturated heterocycles. The molecule has 0 aromatic heterocycles. The lowest BCUT2D eigenvalue weighted by Gasteiger charge is -2.14. The highest BCUT2D eigenvalue weighted by atomic mass is 32.2. The van der Waals surface area contributed by atoms with Crippen LogP contribution in [0.15, 0.2) is 17.0 Å². The largest absolute Gasteiger partial charge is 0.330 e. The molecule has 17 heavy (non-hydrogen) atoms. The first-order valence-electron chi connectivity index (χ1n) is 5.17. The summed E-state index contributed by atoms with van der Waals surface area (Å²) in [5.41, 5.74) is 5.12. The standard InChI is InChI=1S/C11H15F2NO2S/c1-7(5-6-14)10-8(12)3-4-9(11(10)13)17(2,15)16/h3-4,7H,5-6,14H2,1-2H3. The van der Waals surface area contributed by atoms with Crippen molar-refractivity contribution in [3.63, 3.8) is 0 Å². The van der Waals surface area contributed by atoms with Crippen LogP contribution in [-0.4, -0.2) is 21.2 Å². The van der Waals surface area contributed by atoms with Gasteiger partial charge in [0.2, 0.25) is 0 Å². The summed E-state index contributed by atoms with van der Waals surface area (Å²) in [5.74, 6) is -2.20. The van der Waals surface area contributed by atoms with Gasteiger partial charge in [-0.1, -0.05) is 6.92 Å². The van der Waals surface area contributed by atoms with E-state index in [0.29, 0.717) is 6.42 Å². The predicted octanol–water partition coefficient (Wildman–Crippen LogP) is 1.82. The number of hydrogen-bond acceptors (Lipinski definition) is 3. The molecule has 0 bridgehead atoms. The van der Waals surface area contributed by atoms with Gasteiger partial charge in [-0.3, -0.25) is 0 Å². The van der Waals surface area contributed by atoms with Crippen molar-refractivity contribution >= 4 is 9.84 Å². The Morgan fingerprint density at radius 1 is 1.35 bits per heavy atom. The highest BCUT2D eigenvalue weighted by Gasteiger charge is 2.23. The zero-order chi connectivity index (χ0) is 13.2. The molecule has 96 valence electrons. The molecule has 0 heterocycles. The third-order valence-corrected chi connectivity index (χ3v) is 3.70. The third-order valence-electron chi connectivity index (χ3n) is 2.58. The number of halogens is 2. The molecule has 0 aliphatic heterocycles. The highest BCUT2D eigenvalue weighted by Crippen LogP contribution is 2.28. The summed E-state index contributed by atoms with van der Waals surface area (Å²) in [6.45, 7) is 1.89. The fourth-order valence-corrected chi connectivity index (χ4v) is 2.43. The van der Waals surface area contributed by atoms with Crippen molar-refractivity contribution in [2.75, 3.05) is 12.8 Å². The maximum atomic E-state index is 13.9. The Balaban J connectivity index is 3.40. The first kappa shape index (κ1) is 14.1. The van der Waals surface area contributed by atoms with Crippen LogP contribution in [0.1, 0.15) is 24.8 Å². The Labute approximate surface area is 99.6 Å². The van der Waals surface area contributed by atoms with Crippen LogP contribution < -0.4 is 5.73 Å². The lowest BCUT2D eigenvalue weighted by molar-refractivity contribution is 0.503. The molecule has 2 N–H and O–H groups in total. The summed E-state index contributed by atoms with van der Waals surface area (Å²) < 4.78 is 50.1. The van der Waals surface area contributed by atoms with Crippen LogP contribution in [-0.2, 0) is 9.84 Å². The molecule has 0 aliphatic carbocycles. The van der Waals surface area contributed by atoms with E-state index in [9.17, 15) is 17.2 Å². The molecular weight excluding hydrogens is 248 g/mol. The Morgan fingerprint density at radius 3 is 2.41 bits per heavy atom. The molecule has 0 spiro atoms. The molecule has 1 unspecified atom stereocenters. The van der Waals surface area contributed by atoms with Crippen LogP contribution in [0.25, 0.3) is 0 Å². The maximum absolute atomic E-state index is 13.9. The minimum Gasteiger partial charge on any atom is -0.330 e. The molecule has 0 saturated carbocycles. The average molecular weight is 263 g/mol. The Kier molecular flexibility index (Phi) is 4.21. The Bertz CT molecular complexity index is 514. The van der Waals surface area contributed by atoms with Gasteiger partial charge in [-0.05, 0) is 31.0 Å². The predicted molar refractivity (Wildman–Crippen MR) is 61.6 cm³/mol. The summed E-state index contributed by atoms with van der Waals surface area (Å²) in [4.78, 5) is -0.474. The van der Waals surface area contributed by atoms with Gasteiger partial charge in [0.25, 0.3) is 0 Å². The van der Waals surface area contributed by atoms with Gasteiger partial charge in [0.05, 0.1) is 0 Å². The van der Waals surface area contributed by atoms with Crippen molar-refractivity contribution < 1.29 is 17.2 Å². The summed E-state index contributed by atoms with van der Waals surface area (Å²) in [6, 6.07) is 1.92. The molecular formula is C11H15F2NO2S. The maximum Gasteiger partial charge on any atom is 0.178 e. The molecule has 0 amide bonds. The SMILES string of the molecule is CC(CCN)c1c(F)ccc(S(C)(=O)=O)c1F. The average Bonchev–Trinajstić information content (AvgIpc) is 2.15. The number of rotatable bonds is 4. The normalized spacial score (nSPS) is 13.7. The van der Waals surface area contributed by atoms with E-state index in [2.05, 4.69) is 0 Å². The van der Waals surface area contributed by atoms with E-state index >= 15 is 0 Å². The van der Waals surface area contributed by atoms with Gasteiger partial charge in [-0.2, -0.15) is 0 Å². The van der Waals surface area contributed by atoms with E-state index in [1.54, 1.807) is 6.92 Å². The van der Waals surface area contributed by atoms with Crippen molar-refractivity contribution in [1.29, 1.82) is 0 Å². The monoisotopic (exact) mass is 263 g/mol. The van der Waals surface area contributed by atoms with Crippen molar-refractivity contribution in [3.05, 3.63) is 29.3 Å². The second-order valence-corrected chi connectivity index (χ2v) is 6.01. The molecule has 1 aromatic rings. The van der Waals surface area contributed by atoms with Crippen LogP contribution in [0.4, 0.5) is 8.78 Å². The molecule has 0 fully saturated rings. The van der Waals surface area contributed by atoms with Gasteiger partial charge in [-0.25, -0.2) is 17.2 Å². The zero-order valence-electron chi connectivity index (χ0n) is 9.70. The minimum absolute atomic E-state index is 0.210. The number of benzene rings is 1. The first-order chi connectivity index (χ1) is 7.79. The lowest BCUT2D eigenvalue weighted by Crippen LogP contribution is -2.11. The number of sulfone groups is 1. The van der Waals surface area contributed by atoms with Gasteiger partial charge in [0, 0.05) is 11.8 Å². The van der Waals surface area contributed by atoms with Gasteiger partial charge in [0.15, 0.2) is 9.84 Å². The molecule has 1 aromatic carbocycles. The lowest BCUT2D eigenvalue weighted by atomic mass is 9.97. The van der Waals surface area contributed by atoms with Crippen LogP contribution in [0.5, 0.6) is 0 Å². The summed E-state index contributed by atoms with van der Waals surface area (Å²) in [5, 5.41) is 0.